The van der Waals surface area contributed by atoms with Crippen LogP contribution in [0.1, 0.15) is 22.3 Å². The van der Waals surface area contributed by atoms with E-state index in [-0.39, 0.29) is 18.2 Å². The number of hydrogen-bond acceptors (Lipinski definition) is 6. The highest BCUT2D eigenvalue weighted by Gasteiger charge is 2.24. The Morgan fingerprint density at radius 1 is 1.35 bits per heavy atom. The third kappa shape index (κ3) is 5.23. The van der Waals surface area contributed by atoms with Gasteiger partial charge in [-0.1, -0.05) is 0 Å². The lowest BCUT2D eigenvalue weighted by Gasteiger charge is -2.26. The number of hydrogen-bond donors (Lipinski definition) is 2. The van der Waals surface area contributed by atoms with Gasteiger partial charge in [-0.15, -0.1) is 0 Å². The highest BCUT2D eigenvalue weighted by Crippen LogP contribution is 2.15. The molecular formula is C17H26N4O4S. The summed E-state index contributed by atoms with van der Waals surface area (Å²) in [6, 6.07) is 1.84. The molecule has 144 valence electrons. The molecule has 1 aromatic rings. The van der Waals surface area contributed by atoms with Gasteiger partial charge in [0.05, 0.1) is 24.5 Å². The van der Waals surface area contributed by atoms with Gasteiger partial charge in [-0.05, 0) is 43.5 Å². The smallest absolute Gasteiger partial charge is 0.252 e. The monoisotopic (exact) mass is 382 g/mol. The summed E-state index contributed by atoms with van der Waals surface area (Å²) in [4.78, 5) is 16.5. The molecule has 2 aliphatic rings. The number of ether oxygens (including phenoxy) is 1. The average Bonchev–Trinajstić information content (AvgIpc) is 3.15. The van der Waals surface area contributed by atoms with Gasteiger partial charge in [-0.2, -0.15) is 4.31 Å². The van der Waals surface area contributed by atoms with Gasteiger partial charge < -0.3 is 15.4 Å². The SMILES string of the molecule is O=C(NCCS(=O)(=O)N1CCOCC1)c1cncc(CC2CCNC2)c1. The quantitative estimate of drug-likeness (QED) is 0.667. The second-order valence-corrected chi connectivity index (χ2v) is 8.82. The molecule has 1 unspecified atom stereocenters. The largest absolute Gasteiger partial charge is 0.379 e. The van der Waals surface area contributed by atoms with Gasteiger partial charge in [0.15, 0.2) is 0 Å². The summed E-state index contributed by atoms with van der Waals surface area (Å²) in [5.74, 6) is 0.175. The third-order valence-electron chi connectivity index (χ3n) is 4.75. The Bertz CT molecular complexity index is 713. The molecule has 0 aromatic carbocycles. The Morgan fingerprint density at radius 3 is 2.88 bits per heavy atom. The van der Waals surface area contributed by atoms with Gasteiger partial charge >= 0.3 is 0 Å². The van der Waals surface area contributed by atoms with Crippen LogP contribution in [-0.4, -0.2) is 75.3 Å². The van der Waals surface area contributed by atoms with E-state index in [1.54, 1.807) is 6.20 Å². The van der Waals surface area contributed by atoms with Crippen molar-refractivity contribution in [3.05, 3.63) is 29.6 Å². The molecule has 2 N–H and O–H groups in total. The molecule has 1 atom stereocenters. The summed E-state index contributed by atoms with van der Waals surface area (Å²) in [6.45, 7) is 3.69. The predicted molar refractivity (Wildman–Crippen MR) is 97.4 cm³/mol. The van der Waals surface area contributed by atoms with Crippen LogP contribution in [0.5, 0.6) is 0 Å². The first-order chi connectivity index (χ1) is 12.5. The molecule has 9 heteroatoms. The minimum atomic E-state index is -3.37. The number of carbonyl (C=O) groups excluding carboxylic acids is 1. The lowest BCUT2D eigenvalue weighted by molar-refractivity contribution is 0.0730. The van der Waals surface area contributed by atoms with Gasteiger partial charge in [0.25, 0.3) is 5.91 Å². The average molecular weight is 382 g/mol. The second kappa shape index (κ2) is 8.90. The molecule has 0 bridgehead atoms. The van der Waals surface area contributed by atoms with Crippen LogP contribution in [0.4, 0.5) is 0 Å². The van der Waals surface area contributed by atoms with Gasteiger partial charge in [0.2, 0.25) is 10.0 Å². The molecule has 2 aliphatic heterocycles. The fraction of sp³-hybridized carbons (Fsp3) is 0.647. The lowest BCUT2D eigenvalue weighted by Crippen LogP contribution is -2.43. The van der Waals surface area contributed by atoms with Crippen molar-refractivity contribution in [2.24, 2.45) is 5.92 Å². The van der Waals surface area contributed by atoms with Crippen molar-refractivity contribution in [3.8, 4) is 0 Å². The molecule has 2 fully saturated rings. The van der Waals surface area contributed by atoms with Crippen LogP contribution >= 0.6 is 0 Å². The topological polar surface area (TPSA) is 101 Å². The maximum Gasteiger partial charge on any atom is 0.252 e. The van der Waals surface area contributed by atoms with Crippen LogP contribution in [0.2, 0.25) is 0 Å². The summed E-state index contributed by atoms with van der Waals surface area (Å²) < 4.78 is 31.1. The number of carbonyl (C=O) groups is 1. The van der Waals surface area contributed by atoms with E-state index >= 15 is 0 Å². The zero-order chi connectivity index (χ0) is 18.4. The van der Waals surface area contributed by atoms with E-state index in [2.05, 4.69) is 15.6 Å². The number of pyridine rings is 1. The third-order valence-corrected chi connectivity index (χ3v) is 6.62. The van der Waals surface area contributed by atoms with E-state index in [0.29, 0.717) is 37.8 Å². The number of nitrogens with one attached hydrogen (secondary N) is 2. The molecule has 3 heterocycles. The molecule has 1 amide bonds. The summed E-state index contributed by atoms with van der Waals surface area (Å²) in [6.07, 6.45) is 5.34. The molecule has 0 aliphatic carbocycles. The first kappa shape index (κ1) is 19.2. The Morgan fingerprint density at radius 2 is 2.15 bits per heavy atom. The van der Waals surface area contributed by atoms with E-state index in [1.165, 1.54) is 10.5 Å². The van der Waals surface area contributed by atoms with Crippen LogP contribution in [0.15, 0.2) is 18.5 Å². The highest BCUT2D eigenvalue weighted by molar-refractivity contribution is 7.89. The Kier molecular flexibility index (Phi) is 6.58. The van der Waals surface area contributed by atoms with Crippen LogP contribution in [0, 0.1) is 5.92 Å². The van der Waals surface area contributed by atoms with Crippen molar-refractivity contribution in [2.75, 3.05) is 51.7 Å². The van der Waals surface area contributed by atoms with E-state index in [0.717, 1.165) is 31.5 Å². The number of nitrogens with zero attached hydrogens (tertiary/aromatic N) is 2. The van der Waals surface area contributed by atoms with E-state index in [4.69, 9.17) is 4.74 Å². The van der Waals surface area contributed by atoms with Gasteiger partial charge in [0.1, 0.15) is 0 Å². The maximum atomic E-state index is 12.3. The molecule has 26 heavy (non-hydrogen) atoms. The summed E-state index contributed by atoms with van der Waals surface area (Å²) in [7, 11) is -3.37. The Labute approximate surface area is 154 Å². The zero-order valence-corrected chi connectivity index (χ0v) is 15.6. The molecule has 1 aromatic heterocycles. The highest BCUT2D eigenvalue weighted by atomic mass is 32.2. The Balaban J connectivity index is 1.50. The molecule has 0 radical (unpaired) electrons. The standard InChI is InChI=1S/C17H26N4O4S/c22-17(20-3-8-26(23,24)21-4-6-25-7-5-21)16-10-15(12-19-13-16)9-14-1-2-18-11-14/h10,12-14,18H,1-9,11H2,(H,20,22). The van der Waals surface area contributed by atoms with Gasteiger partial charge in [-0.25, -0.2) is 8.42 Å². The molecule has 0 saturated carbocycles. The first-order valence-corrected chi connectivity index (χ1v) is 10.6. The fourth-order valence-electron chi connectivity index (χ4n) is 3.29. The zero-order valence-electron chi connectivity index (χ0n) is 14.8. The summed E-state index contributed by atoms with van der Waals surface area (Å²) in [5.41, 5.74) is 1.50. The number of sulfonamides is 1. The normalized spacial score (nSPS) is 21.6. The Hall–Kier alpha value is -1.55. The maximum absolute atomic E-state index is 12.3. The number of rotatable bonds is 7. The van der Waals surface area contributed by atoms with E-state index < -0.39 is 10.0 Å². The number of morpholine rings is 1. The van der Waals surface area contributed by atoms with Crippen LogP contribution in [-0.2, 0) is 21.2 Å². The van der Waals surface area contributed by atoms with Crippen molar-refractivity contribution in [3.63, 3.8) is 0 Å². The fourth-order valence-corrected chi connectivity index (χ4v) is 4.62. The minimum Gasteiger partial charge on any atom is -0.379 e. The lowest BCUT2D eigenvalue weighted by atomic mass is 9.99. The summed E-state index contributed by atoms with van der Waals surface area (Å²) >= 11 is 0. The number of amides is 1. The van der Waals surface area contributed by atoms with Crippen LogP contribution < -0.4 is 10.6 Å². The number of aromatic nitrogens is 1. The van der Waals surface area contributed by atoms with Crippen molar-refractivity contribution >= 4 is 15.9 Å². The molecule has 3 rings (SSSR count). The second-order valence-electron chi connectivity index (χ2n) is 6.73. The van der Waals surface area contributed by atoms with E-state index in [9.17, 15) is 13.2 Å². The molecule has 8 nitrogen and oxygen atoms in total. The minimum absolute atomic E-state index is 0.0787. The van der Waals surface area contributed by atoms with Gasteiger partial charge in [-0.3, -0.25) is 9.78 Å². The van der Waals surface area contributed by atoms with Crippen molar-refractivity contribution in [1.82, 2.24) is 19.9 Å². The molecular weight excluding hydrogens is 356 g/mol. The molecule has 2 saturated heterocycles. The van der Waals surface area contributed by atoms with Crippen LogP contribution in [0.3, 0.4) is 0 Å². The van der Waals surface area contributed by atoms with Crippen molar-refractivity contribution < 1.29 is 17.9 Å². The summed E-state index contributed by atoms with van der Waals surface area (Å²) in [5, 5.41) is 6.02. The van der Waals surface area contributed by atoms with E-state index in [1.807, 2.05) is 6.07 Å². The first-order valence-electron chi connectivity index (χ1n) is 9.03. The predicted octanol–water partition coefficient (Wildman–Crippen LogP) is -0.375. The van der Waals surface area contributed by atoms with Crippen molar-refractivity contribution in [1.29, 1.82) is 0 Å². The van der Waals surface area contributed by atoms with Crippen LogP contribution in [0.25, 0.3) is 0 Å². The van der Waals surface area contributed by atoms with Gasteiger partial charge in [0, 0.05) is 32.0 Å². The molecule has 0 spiro atoms. The van der Waals surface area contributed by atoms with Crippen molar-refractivity contribution in [2.45, 2.75) is 12.8 Å².